The summed E-state index contributed by atoms with van der Waals surface area (Å²) in [7, 11) is 3.86. The standard InChI is InChI=1S/C17H22N4O2S/c1-11-6-5-7-14(12(11)2)18-17(24)20-19-16(22)15-9-8-13(23-15)10-21(3)4/h5-9H,10H2,1-4H3,(H,19,22)(H2,18,20,24). The molecule has 0 saturated carbocycles. The molecule has 0 aliphatic carbocycles. The average molecular weight is 346 g/mol. The highest BCUT2D eigenvalue weighted by atomic mass is 32.1. The Bertz CT molecular complexity index is 740. The van der Waals surface area contributed by atoms with E-state index in [4.69, 9.17) is 16.6 Å². The Morgan fingerprint density at radius 3 is 2.62 bits per heavy atom. The molecule has 128 valence electrons. The largest absolute Gasteiger partial charge is 0.454 e. The number of amides is 1. The first kappa shape index (κ1) is 18.0. The van der Waals surface area contributed by atoms with Crippen molar-refractivity contribution in [2.24, 2.45) is 0 Å². The quantitative estimate of drug-likeness (QED) is 0.584. The summed E-state index contributed by atoms with van der Waals surface area (Å²) in [6.07, 6.45) is 0. The Kier molecular flexibility index (Phi) is 5.94. The van der Waals surface area contributed by atoms with E-state index in [2.05, 4.69) is 16.2 Å². The lowest BCUT2D eigenvalue weighted by molar-refractivity contribution is 0.0913. The highest BCUT2D eigenvalue weighted by molar-refractivity contribution is 7.80. The summed E-state index contributed by atoms with van der Waals surface area (Å²) in [6, 6.07) is 9.32. The molecule has 2 aromatic rings. The molecule has 1 aromatic heterocycles. The summed E-state index contributed by atoms with van der Waals surface area (Å²) in [5.74, 6) is 0.570. The van der Waals surface area contributed by atoms with Crippen LogP contribution >= 0.6 is 12.2 Å². The maximum atomic E-state index is 12.1. The molecule has 0 saturated heterocycles. The number of nitrogens with one attached hydrogen (secondary N) is 3. The SMILES string of the molecule is Cc1cccc(NC(=S)NNC(=O)c2ccc(CN(C)C)o2)c1C. The Labute approximate surface area is 147 Å². The maximum Gasteiger partial charge on any atom is 0.305 e. The van der Waals surface area contributed by atoms with Crippen molar-refractivity contribution in [1.82, 2.24) is 15.8 Å². The Morgan fingerprint density at radius 1 is 1.17 bits per heavy atom. The summed E-state index contributed by atoms with van der Waals surface area (Å²) >= 11 is 5.20. The van der Waals surface area contributed by atoms with Gasteiger partial charge in [0.05, 0.1) is 6.54 Å². The van der Waals surface area contributed by atoms with Crippen LogP contribution in [0.2, 0.25) is 0 Å². The third-order valence-electron chi connectivity index (χ3n) is 3.50. The molecule has 6 nitrogen and oxygen atoms in total. The number of furan rings is 1. The minimum absolute atomic E-state index is 0.230. The molecule has 0 bridgehead atoms. The lowest BCUT2D eigenvalue weighted by atomic mass is 10.1. The van der Waals surface area contributed by atoms with Gasteiger partial charge < -0.3 is 14.6 Å². The molecule has 0 atom stereocenters. The van der Waals surface area contributed by atoms with Crippen LogP contribution in [-0.2, 0) is 6.54 Å². The number of hydrogen-bond acceptors (Lipinski definition) is 4. The second kappa shape index (κ2) is 7.94. The van der Waals surface area contributed by atoms with E-state index in [9.17, 15) is 4.79 Å². The fourth-order valence-corrected chi connectivity index (χ4v) is 2.27. The summed E-state index contributed by atoms with van der Waals surface area (Å²) < 4.78 is 5.48. The van der Waals surface area contributed by atoms with Crippen LogP contribution in [0.1, 0.15) is 27.4 Å². The van der Waals surface area contributed by atoms with E-state index in [1.807, 2.05) is 51.0 Å². The number of hydrazine groups is 1. The van der Waals surface area contributed by atoms with Crippen molar-refractivity contribution in [1.29, 1.82) is 0 Å². The number of anilines is 1. The number of carbonyl (C=O) groups excluding carboxylic acids is 1. The molecular weight excluding hydrogens is 324 g/mol. The molecule has 0 radical (unpaired) electrons. The van der Waals surface area contributed by atoms with Crippen molar-refractivity contribution >= 4 is 28.9 Å². The van der Waals surface area contributed by atoms with Crippen LogP contribution in [0.5, 0.6) is 0 Å². The van der Waals surface area contributed by atoms with Gasteiger partial charge in [0.2, 0.25) is 0 Å². The zero-order valence-electron chi connectivity index (χ0n) is 14.3. The van der Waals surface area contributed by atoms with E-state index in [1.54, 1.807) is 12.1 Å². The van der Waals surface area contributed by atoms with Gasteiger partial charge in [0.25, 0.3) is 0 Å². The first-order valence-corrected chi connectivity index (χ1v) is 7.94. The molecular formula is C17H22N4O2S. The topological polar surface area (TPSA) is 69.5 Å². The summed E-state index contributed by atoms with van der Waals surface area (Å²) in [4.78, 5) is 14.0. The molecule has 0 aliphatic heterocycles. The van der Waals surface area contributed by atoms with Crippen molar-refractivity contribution in [3.05, 3.63) is 53.0 Å². The zero-order chi connectivity index (χ0) is 17.7. The summed E-state index contributed by atoms with van der Waals surface area (Å²) in [6.45, 7) is 4.67. The molecule has 2 rings (SSSR count). The van der Waals surface area contributed by atoms with E-state index >= 15 is 0 Å². The minimum atomic E-state index is -0.384. The number of thiocarbonyl (C=S) groups is 1. The predicted molar refractivity (Wildman–Crippen MR) is 98.8 cm³/mol. The molecule has 1 amide bonds. The molecule has 3 N–H and O–H groups in total. The van der Waals surface area contributed by atoms with Crippen LogP contribution in [0.25, 0.3) is 0 Å². The van der Waals surface area contributed by atoms with Gasteiger partial charge in [-0.1, -0.05) is 12.1 Å². The van der Waals surface area contributed by atoms with Gasteiger partial charge in [-0.3, -0.25) is 15.6 Å². The number of rotatable bonds is 4. The Hall–Kier alpha value is -2.38. The van der Waals surface area contributed by atoms with Crippen LogP contribution in [-0.4, -0.2) is 30.0 Å². The Morgan fingerprint density at radius 2 is 1.92 bits per heavy atom. The number of carbonyl (C=O) groups is 1. The second-order valence-corrected chi connectivity index (χ2v) is 6.19. The number of hydrogen-bond donors (Lipinski definition) is 3. The van der Waals surface area contributed by atoms with Crippen LogP contribution < -0.4 is 16.2 Å². The van der Waals surface area contributed by atoms with Crippen LogP contribution in [0.3, 0.4) is 0 Å². The van der Waals surface area contributed by atoms with E-state index in [0.717, 1.165) is 22.6 Å². The number of nitrogens with zero attached hydrogens (tertiary/aromatic N) is 1. The minimum Gasteiger partial charge on any atom is -0.454 e. The maximum absolute atomic E-state index is 12.1. The van der Waals surface area contributed by atoms with Gasteiger partial charge in [-0.05, 0) is 69.5 Å². The lowest BCUT2D eigenvalue weighted by Crippen LogP contribution is -2.43. The molecule has 0 aliphatic rings. The van der Waals surface area contributed by atoms with Gasteiger partial charge in [0, 0.05) is 5.69 Å². The smallest absolute Gasteiger partial charge is 0.305 e. The van der Waals surface area contributed by atoms with Crippen molar-refractivity contribution < 1.29 is 9.21 Å². The van der Waals surface area contributed by atoms with Gasteiger partial charge in [-0.15, -0.1) is 0 Å². The van der Waals surface area contributed by atoms with Crippen LogP contribution in [0, 0.1) is 13.8 Å². The molecule has 24 heavy (non-hydrogen) atoms. The molecule has 0 fully saturated rings. The third-order valence-corrected chi connectivity index (χ3v) is 3.70. The summed E-state index contributed by atoms with van der Waals surface area (Å²) in [5, 5.41) is 3.36. The third kappa shape index (κ3) is 4.81. The van der Waals surface area contributed by atoms with Gasteiger partial charge in [-0.2, -0.15) is 0 Å². The highest BCUT2D eigenvalue weighted by Gasteiger charge is 2.12. The van der Waals surface area contributed by atoms with Crippen LogP contribution in [0.15, 0.2) is 34.7 Å². The van der Waals surface area contributed by atoms with E-state index in [-0.39, 0.29) is 11.7 Å². The monoisotopic (exact) mass is 346 g/mol. The van der Waals surface area contributed by atoms with Crippen molar-refractivity contribution in [3.8, 4) is 0 Å². The first-order chi connectivity index (χ1) is 11.4. The highest BCUT2D eigenvalue weighted by Crippen LogP contribution is 2.17. The second-order valence-electron chi connectivity index (χ2n) is 5.78. The molecule has 0 spiro atoms. The van der Waals surface area contributed by atoms with Crippen molar-refractivity contribution in [2.75, 3.05) is 19.4 Å². The van der Waals surface area contributed by atoms with Gasteiger partial charge in [0.15, 0.2) is 10.9 Å². The predicted octanol–water partition coefficient (Wildman–Crippen LogP) is 2.59. The molecule has 1 heterocycles. The summed E-state index contributed by atoms with van der Waals surface area (Å²) in [5.41, 5.74) is 8.36. The van der Waals surface area contributed by atoms with E-state index < -0.39 is 0 Å². The van der Waals surface area contributed by atoms with Gasteiger partial charge >= 0.3 is 5.91 Å². The average Bonchev–Trinajstić information content (AvgIpc) is 2.97. The van der Waals surface area contributed by atoms with Crippen LogP contribution in [0.4, 0.5) is 5.69 Å². The van der Waals surface area contributed by atoms with E-state index in [0.29, 0.717) is 11.7 Å². The molecule has 7 heteroatoms. The molecule has 0 unspecified atom stereocenters. The number of benzene rings is 1. The van der Waals surface area contributed by atoms with Crippen molar-refractivity contribution in [3.63, 3.8) is 0 Å². The lowest BCUT2D eigenvalue weighted by Gasteiger charge is -2.13. The first-order valence-electron chi connectivity index (χ1n) is 7.54. The zero-order valence-corrected chi connectivity index (χ0v) is 15.1. The number of aryl methyl sites for hydroxylation is 1. The fourth-order valence-electron chi connectivity index (χ4n) is 2.11. The fraction of sp³-hybridized carbons (Fsp3) is 0.294. The van der Waals surface area contributed by atoms with Crippen molar-refractivity contribution in [2.45, 2.75) is 20.4 Å². The molecule has 1 aromatic carbocycles. The Balaban J connectivity index is 1.88. The van der Waals surface area contributed by atoms with E-state index in [1.165, 1.54) is 0 Å². The normalized spacial score (nSPS) is 10.5. The van der Waals surface area contributed by atoms with Gasteiger partial charge in [0.1, 0.15) is 5.76 Å². The van der Waals surface area contributed by atoms with Gasteiger partial charge in [-0.25, -0.2) is 0 Å².